The van der Waals surface area contributed by atoms with Crippen molar-refractivity contribution < 1.29 is 18.0 Å². The van der Waals surface area contributed by atoms with Gasteiger partial charge < -0.3 is 10.2 Å². The number of amides is 1. The van der Waals surface area contributed by atoms with E-state index in [1.807, 2.05) is 6.07 Å². The van der Waals surface area contributed by atoms with Gasteiger partial charge in [-0.15, -0.1) is 0 Å². The Morgan fingerprint density at radius 1 is 1.03 bits per heavy atom. The third-order valence-corrected chi connectivity index (χ3v) is 7.26. The summed E-state index contributed by atoms with van der Waals surface area (Å²) in [6, 6.07) is 15.9. The number of carbonyl (C=O) groups excluding carboxylic acids is 1. The van der Waals surface area contributed by atoms with Crippen molar-refractivity contribution in [2.75, 3.05) is 26.2 Å². The van der Waals surface area contributed by atoms with Crippen LogP contribution in [-0.2, 0) is 11.0 Å². The van der Waals surface area contributed by atoms with Crippen LogP contribution in [0.2, 0.25) is 0 Å². The number of piperidine rings is 2. The molecule has 1 amide bonds. The Balaban J connectivity index is 1.49. The highest BCUT2D eigenvalue weighted by Gasteiger charge is 2.45. The van der Waals surface area contributed by atoms with Crippen molar-refractivity contribution in [2.24, 2.45) is 5.41 Å². The maximum Gasteiger partial charge on any atom is 0.416 e. The molecule has 2 aliphatic heterocycles. The first-order valence-electron chi connectivity index (χ1n) is 11.0. The van der Waals surface area contributed by atoms with E-state index in [-0.39, 0.29) is 16.9 Å². The van der Waals surface area contributed by atoms with Gasteiger partial charge in [0.05, 0.1) is 11.5 Å². The summed E-state index contributed by atoms with van der Waals surface area (Å²) in [5, 5.41) is 3.51. The highest BCUT2D eigenvalue weighted by molar-refractivity contribution is 5.84. The molecule has 4 rings (SSSR count). The molecule has 0 saturated carbocycles. The van der Waals surface area contributed by atoms with E-state index < -0.39 is 17.7 Å². The minimum atomic E-state index is -4.46. The molecule has 166 valence electrons. The van der Waals surface area contributed by atoms with Crippen molar-refractivity contribution in [3.05, 3.63) is 71.3 Å². The normalized spacial score (nSPS) is 22.3. The van der Waals surface area contributed by atoms with Crippen molar-refractivity contribution >= 4 is 5.91 Å². The van der Waals surface area contributed by atoms with Gasteiger partial charge in [-0.3, -0.25) is 4.79 Å². The minimum absolute atomic E-state index is 0.0596. The van der Waals surface area contributed by atoms with Gasteiger partial charge in [0.1, 0.15) is 0 Å². The summed E-state index contributed by atoms with van der Waals surface area (Å²) in [6.07, 6.45) is -1.64. The highest BCUT2D eigenvalue weighted by atomic mass is 19.4. The Bertz CT molecular complexity index is 904. The van der Waals surface area contributed by atoms with E-state index in [4.69, 9.17) is 0 Å². The van der Waals surface area contributed by atoms with Crippen LogP contribution in [0.25, 0.3) is 0 Å². The summed E-state index contributed by atoms with van der Waals surface area (Å²) < 4.78 is 40.3. The zero-order valence-corrected chi connectivity index (χ0v) is 17.8. The number of rotatable bonds is 3. The van der Waals surface area contributed by atoms with Crippen LogP contribution in [0.15, 0.2) is 54.6 Å². The van der Waals surface area contributed by atoms with E-state index in [0.717, 1.165) is 38.4 Å². The molecule has 31 heavy (non-hydrogen) atoms. The van der Waals surface area contributed by atoms with Crippen molar-refractivity contribution in [1.82, 2.24) is 10.2 Å². The number of hydrogen-bond donors (Lipinski definition) is 1. The predicted molar refractivity (Wildman–Crippen MR) is 115 cm³/mol. The summed E-state index contributed by atoms with van der Waals surface area (Å²) in [7, 11) is 0. The van der Waals surface area contributed by atoms with Crippen LogP contribution < -0.4 is 5.32 Å². The number of benzene rings is 2. The van der Waals surface area contributed by atoms with Crippen LogP contribution in [-0.4, -0.2) is 37.0 Å². The minimum Gasteiger partial charge on any atom is -0.342 e. The van der Waals surface area contributed by atoms with E-state index >= 15 is 0 Å². The first-order chi connectivity index (χ1) is 14.8. The summed E-state index contributed by atoms with van der Waals surface area (Å²) in [5.41, 5.74) is 0.800. The molecule has 6 heteroatoms. The molecule has 2 aromatic rings. The third kappa shape index (κ3) is 4.36. The molecule has 2 unspecified atom stereocenters. The zero-order valence-electron chi connectivity index (χ0n) is 17.8. The molecule has 0 bridgehead atoms. The van der Waals surface area contributed by atoms with E-state index in [9.17, 15) is 18.0 Å². The standard InChI is InChI=1S/C25H29F3N2O/c1-18(20-9-5-6-10-21(20)25(26,27)28)23(31)30-15-12-24(13-16-30)11-14-29-17-22(24)19-7-3-2-4-8-19/h2-10,18,22,29H,11-17H2,1H3. The maximum atomic E-state index is 13.4. The number of likely N-dealkylation sites (tertiary alicyclic amines) is 1. The SMILES string of the molecule is CC(C(=O)N1CCC2(CCNCC2c2ccccc2)CC1)c1ccccc1C(F)(F)F. The smallest absolute Gasteiger partial charge is 0.342 e. The molecule has 0 radical (unpaired) electrons. The molecule has 0 aliphatic carbocycles. The second-order valence-electron chi connectivity index (χ2n) is 8.91. The first kappa shape index (κ1) is 21.9. The van der Waals surface area contributed by atoms with Gasteiger partial charge in [-0.2, -0.15) is 13.2 Å². The molecule has 2 aliphatic rings. The Morgan fingerprint density at radius 3 is 2.35 bits per heavy atom. The fourth-order valence-corrected chi connectivity index (χ4v) is 5.44. The van der Waals surface area contributed by atoms with Crippen LogP contribution in [0.4, 0.5) is 13.2 Å². The van der Waals surface area contributed by atoms with Crippen molar-refractivity contribution in [3.8, 4) is 0 Å². The van der Waals surface area contributed by atoms with Gasteiger partial charge in [0.2, 0.25) is 5.91 Å². The van der Waals surface area contributed by atoms with Gasteiger partial charge in [0, 0.05) is 25.6 Å². The number of alkyl halides is 3. The van der Waals surface area contributed by atoms with Gasteiger partial charge >= 0.3 is 6.18 Å². The molecular weight excluding hydrogens is 401 g/mol. The summed E-state index contributed by atoms with van der Waals surface area (Å²) in [4.78, 5) is 14.9. The first-order valence-corrected chi connectivity index (χ1v) is 11.0. The molecule has 2 aromatic carbocycles. The van der Waals surface area contributed by atoms with Crippen LogP contribution in [0.3, 0.4) is 0 Å². The molecule has 0 aromatic heterocycles. The van der Waals surface area contributed by atoms with Gasteiger partial charge in [0.15, 0.2) is 0 Å². The number of hydrogen-bond acceptors (Lipinski definition) is 2. The van der Waals surface area contributed by atoms with Gasteiger partial charge in [-0.1, -0.05) is 48.5 Å². The van der Waals surface area contributed by atoms with Gasteiger partial charge in [-0.25, -0.2) is 0 Å². The van der Waals surface area contributed by atoms with Crippen molar-refractivity contribution in [3.63, 3.8) is 0 Å². The Hall–Kier alpha value is -2.34. The third-order valence-electron chi connectivity index (χ3n) is 7.26. The molecule has 2 atom stereocenters. The highest BCUT2D eigenvalue weighted by Crippen LogP contribution is 2.48. The average molecular weight is 431 g/mol. The largest absolute Gasteiger partial charge is 0.416 e. The van der Waals surface area contributed by atoms with E-state index in [0.29, 0.717) is 19.0 Å². The van der Waals surface area contributed by atoms with Crippen LogP contribution in [0.1, 0.15) is 54.7 Å². The van der Waals surface area contributed by atoms with E-state index in [2.05, 4.69) is 29.6 Å². The Labute approximate surface area is 181 Å². The number of halogens is 3. The average Bonchev–Trinajstić information content (AvgIpc) is 2.79. The number of carbonyl (C=O) groups is 1. The molecule has 2 fully saturated rings. The lowest BCUT2D eigenvalue weighted by atomic mass is 9.62. The molecule has 2 saturated heterocycles. The number of nitrogens with one attached hydrogen (secondary N) is 1. The summed E-state index contributed by atoms with van der Waals surface area (Å²) >= 11 is 0. The lowest BCUT2D eigenvalue weighted by Gasteiger charge is -2.50. The molecule has 2 heterocycles. The monoisotopic (exact) mass is 430 g/mol. The van der Waals surface area contributed by atoms with Crippen LogP contribution in [0, 0.1) is 5.41 Å². The van der Waals surface area contributed by atoms with Crippen molar-refractivity contribution in [2.45, 2.75) is 44.2 Å². The topological polar surface area (TPSA) is 32.3 Å². The van der Waals surface area contributed by atoms with E-state index in [1.54, 1.807) is 17.9 Å². The Morgan fingerprint density at radius 2 is 1.68 bits per heavy atom. The zero-order chi connectivity index (χ0) is 22.1. The predicted octanol–water partition coefficient (Wildman–Crippen LogP) is 5.19. The van der Waals surface area contributed by atoms with Crippen LogP contribution in [0.5, 0.6) is 0 Å². The van der Waals surface area contributed by atoms with Gasteiger partial charge in [-0.05, 0) is 55.3 Å². The number of nitrogens with zero attached hydrogens (tertiary/aromatic N) is 1. The molecule has 1 N–H and O–H groups in total. The second-order valence-corrected chi connectivity index (χ2v) is 8.91. The molecular formula is C25H29F3N2O. The molecule has 1 spiro atoms. The fraction of sp³-hybridized carbons (Fsp3) is 0.480. The lowest BCUT2D eigenvalue weighted by Crippen LogP contribution is -2.51. The van der Waals surface area contributed by atoms with Gasteiger partial charge in [0.25, 0.3) is 0 Å². The van der Waals surface area contributed by atoms with Crippen LogP contribution >= 0.6 is 0 Å². The summed E-state index contributed by atoms with van der Waals surface area (Å²) in [6.45, 7) is 4.68. The second kappa shape index (κ2) is 8.65. The lowest BCUT2D eigenvalue weighted by molar-refractivity contribution is -0.140. The quantitative estimate of drug-likeness (QED) is 0.726. The molecule has 3 nitrogen and oxygen atoms in total. The van der Waals surface area contributed by atoms with Crippen molar-refractivity contribution in [1.29, 1.82) is 0 Å². The maximum absolute atomic E-state index is 13.4. The van der Waals surface area contributed by atoms with E-state index in [1.165, 1.54) is 17.7 Å². The summed E-state index contributed by atoms with van der Waals surface area (Å²) in [5.74, 6) is -0.635. The fourth-order valence-electron chi connectivity index (χ4n) is 5.44. The Kier molecular flexibility index (Phi) is 6.11.